The number of halogens is 2. The predicted octanol–water partition coefficient (Wildman–Crippen LogP) is 4.00. The molecular weight excluding hydrogens is 427 g/mol. The standard InChI is InChI=1S/C20H14BrFN4O2/c21-15-3-6-18(25-19(27)14-7-9-23-10-8-14)17(11-15)20(28)26-24-12-13-1-4-16(22)5-2-13/h1-12H,(H,25,27)(H,26,28)/b24-12+. The lowest BCUT2D eigenvalue weighted by molar-refractivity contribution is 0.0956. The van der Waals surface area contributed by atoms with E-state index in [4.69, 9.17) is 0 Å². The minimum absolute atomic E-state index is 0.230. The number of hydrazone groups is 1. The number of carbonyl (C=O) groups excluding carboxylic acids is 2. The van der Waals surface area contributed by atoms with Crippen LogP contribution < -0.4 is 10.7 Å². The minimum Gasteiger partial charge on any atom is -0.321 e. The van der Waals surface area contributed by atoms with Gasteiger partial charge in [-0.05, 0) is 48.0 Å². The summed E-state index contributed by atoms with van der Waals surface area (Å²) in [4.78, 5) is 28.7. The molecule has 1 aromatic heterocycles. The van der Waals surface area contributed by atoms with E-state index in [2.05, 4.69) is 36.8 Å². The van der Waals surface area contributed by atoms with E-state index in [1.165, 1.54) is 42.9 Å². The second kappa shape index (κ2) is 9.01. The Balaban J connectivity index is 1.75. The number of aromatic nitrogens is 1. The first kappa shape index (κ1) is 19.4. The van der Waals surface area contributed by atoms with Crippen LogP contribution in [0.4, 0.5) is 10.1 Å². The molecule has 0 fully saturated rings. The van der Waals surface area contributed by atoms with Gasteiger partial charge in [-0.2, -0.15) is 5.10 Å². The molecule has 2 aromatic carbocycles. The van der Waals surface area contributed by atoms with E-state index in [0.29, 0.717) is 21.3 Å². The van der Waals surface area contributed by atoms with E-state index in [1.54, 1.807) is 30.3 Å². The molecule has 8 heteroatoms. The zero-order valence-corrected chi connectivity index (χ0v) is 16.0. The third kappa shape index (κ3) is 5.08. The molecule has 3 rings (SSSR count). The second-order valence-electron chi connectivity index (χ2n) is 5.63. The normalized spacial score (nSPS) is 10.6. The van der Waals surface area contributed by atoms with Crippen LogP contribution in [0, 0.1) is 5.82 Å². The van der Waals surface area contributed by atoms with Gasteiger partial charge in [0.05, 0.1) is 17.5 Å². The number of nitrogens with one attached hydrogen (secondary N) is 2. The Labute approximate surface area is 168 Å². The Kier molecular flexibility index (Phi) is 6.23. The number of anilines is 1. The van der Waals surface area contributed by atoms with Crippen molar-refractivity contribution in [1.29, 1.82) is 0 Å². The van der Waals surface area contributed by atoms with E-state index in [1.807, 2.05) is 0 Å². The summed E-state index contributed by atoms with van der Waals surface area (Å²) in [6, 6.07) is 13.7. The predicted molar refractivity (Wildman–Crippen MR) is 108 cm³/mol. The molecule has 3 aromatic rings. The van der Waals surface area contributed by atoms with Gasteiger partial charge >= 0.3 is 0 Å². The third-order valence-electron chi connectivity index (χ3n) is 3.67. The molecule has 0 spiro atoms. The van der Waals surface area contributed by atoms with Crippen LogP contribution >= 0.6 is 15.9 Å². The summed E-state index contributed by atoms with van der Waals surface area (Å²) in [5, 5.41) is 6.58. The minimum atomic E-state index is -0.510. The van der Waals surface area contributed by atoms with Gasteiger partial charge in [-0.1, -0.05) is 28.1 Å². The van der Waals surface area contributed by atoms with Gasteiger partial charge in [0.2, 0.25) is 0 Å². The molecule has 6 nitrogen and oxygen atoms in total. The molecule has 0 saturated heterocycles. The van der Waals surface area contributed by atoms with Crippen molar-refractivity contribution in [3.8, 4) is 0 Å². The lowest BCUT2D eigenvalue weighted by atomic mass is 10.1. The maximum Gasteiger partial charge on any atom is 0.273 e. The number of benzene rings is 2. The van der Waals surface area contributed by atoms with E-state index in [9.17, 15) is 14.0 Å². The van der Waals surface area contributed by atoms with Gasteiger partial charge in [0.1, 0.15) is 5.82 Å². The fraction of sp³-hybridized carbons (Fsp3) is 0. The van der Waals surface area contributed by atoms with Gasteiger partial charge in [-0.3, -0.25) is 14.6 Å². The largest absolute Gasteiger partial charge is 0.321 e. The maximum absolute atomic E-state index is 12.9. The number of hydrogen-bond acceptors (Lipinski definition) is 4. The lowest BCUT2D eigenvalue weighted by Crippen LogP contribution is -2.21. The third-order valence-corrected chi connectivity index (χ3v) is 4.16. The van der Waals surface area contributed by atoms with E-state index < -0.39 is 5.91 Å². The molecule has 2 N–H and O–H groups in total. The second-order valence-corrected chi connectivity index (χ2v) is 6.55. The van der Waals surface area contributed by atoms with Crippen molar-refractivity contribution in [3.63, 3.8) is 0 Å². The van der Waals surface area contributed by atoms with Crippen LogP contribution in [0.5, 0.6) is 0 Å². The van der Waals surface area contributed by atoms with Crippen LogP contribution in [0.2, 0.25) is 0 Å². The van der Waals surface area contributed by atoms with Gasteiger partial charge in [0.15, 0.2) is 0 Å². The number of rotatable bonds is 5. The number of pyridine rings is 1. The van der Waals surface area contributed by atoms with Crippen LogP contribution in [-0.4, -0.2) is 23.0 Å². The molecule has 0 aliphatic heterocycles. The monoisotopic (exact) mass is 440 g/mol. The van der Waals surface area contributed by atoms with Crippen molar-refractivity contribution in [2.45, 2.75) is 0 Å². The van der Waals surface area contributed by atoms with Crippen LogP contribution in [0.1, 0.15) is 26.3 Å². The molecule has 0 atom stereocenters. The first-order valence-corrected chi connectivity index (χ1v) is 8.92. The molecular formula is C20H14BrFN4O2. The summed E-state index contributed by atoms with van der Waals surface area (Å²) in [6.07, 6.45) is 4.41. The van der Waals surface area contributed by atoms with Crippen LogP contribution in [0.15, 0.2) is 76.6 Å². The van der Waals surface area contributed by atoms with Crippen molar-refractivity contribution in [3.05, 3.63) is 94.0 Å². The smallest absolute Gasteiger partial charge is 0.273 e. The van der Waals surface area contributed by atoms with Crippen LogP contribution in [0.25, 0.3) is 0 Å². The Morgan fingerprint density at radius 1 is 1.00 bits per heavy atom. The summed E-state index contributed by atoms with van der Waals surface area (Å²) in [7, 11) is 0. The van der Waals surface area contributed by atoms with Crippen LogP contribution in [-0.2, 0) is 0 Å². The molecule has 1 heterocycles. The first-order valence-electron chi connectivity index (χ1n) is 8.13. The van der Waals surface area contributed by atoms with Crippen LogP contribution in [0.3, 0.4) is 0 Å². The summed E-state index contributed by atoms with van der Waals surface area (Å²) < 4.78 is 13.6. The fourth-order valence-electron chi connectivity index (χ4n) is 2.29. The molecule has 28 heavy (non-hydrogen) atoms. The van der Waals surface area contributed by atoms with Gasteiger partial charge in [0, 0.05) is 22.4 Å². The Morgan fingerprint density at radius 2 is 1.71 bits per heavy atom. The maximum atomic E-state index is 12.9. The molecule has 0 radical (unpaired) electrons. The Morgan fingerprint density at radius 3 is 2.43 bits per heavy atom. The van der Waals surface area contributed by atoms with Gasteiger partial charge in [0.25, 0.3) is 11.8 Å². The first-order chi connectivity index (χ1) is 13.5. The van der Waals surface area contributed by atoms with Crippen molar-refractivity contribution < 1.29 is 14.0 Å². The SMILES string of the molecule is O=C(Nc1ccc(Br)cc1C(=O)N/N=C/c1ccc(F)cc1)c1ccncc1. The summed E-state index contributed by atoms with van der Waals surface area (Å²) >= 11 is 3.31. The topological polar surface area (TPSA) is 83.5 Å². The van der Waals surface area contributed by atoms with Gasteiger partial charge in [-0.15, -0.1) is 0 Å². The van der Waals surface area contributed by atoms with Crippen molar-refractivity contribution in [2.24, 2.45) is 5.10 Å². The highest BCUT2D eigenvalue weighted by molar-refractivity contribution is 9.10. The van der Waals surface area contributed by atoms with Gasteiger partial charge in [-0.25, -0.2) is 9.82 Å². The van der Waals surface area contributed by atoms with Gasteiger partial charge < -0.3 is 5.32 Å². The Hall–Kier alpha value is -3.39. The number of nitrogens with zero attached hydrogens (tertiary/aromatic N) is 2. The quantitative estimate of drug-likeness (QED) is 0.464. The molecule has 2 amide bonds. The molecule has 0 aliphatic rings. The molecule has 140 valence electrons. The van der Waals surface area contributed by atoms with Crippen molar-refractivity contribution in [2.75, 3.05) is 5.32 Å². The highest BCUT2D eigenvalue weighted by Crippen LogP contribution is 2.22. The fourth-order valence-corrected chi connectivity index (χ4v) is 2.65. The zero-order valence-electron chi connectivity index (χ0n) is 14.4. The van der Waals surface area contributed by atoms with E-state index >= 15 is 0 Å². The lowest BCUT2D eigenvalue weighted by Gasteiger charge is -2.10. The number of carbonyl (C=O) groups is 2. The van der Waals surface area contributed by atoms with E-state index in [0.717, 1.165) is 0 Å². The molecule has 0 unspecified atom stereocenters. The number of hydrogen-bond donors (Lipinski definition) is 2. The summed E-state index contributed by atoms with van der Waals surface area (Å²) in [5.41, 5.74) is 4.00. The highest BCUT2D eigenvalue weighted by atomic mass is 79.9. The summed E-state index contributed by atoms with van der Waals surface area (Å²) in [5.74, 6) is -1.23. The van der Waals surface area contributed by atoms with E-state index in [-0.39, 0.29) is 17.3 Å². The van der Waals surface area contributed by atoms with Crippen molar-refractivity contribution in [1.82, 2.24) is 10.4 Å². The average molecular weight is 441 g/mol. The summed E-state index contributed by atoms with van der Waals surface area (Å²) in [6.45, 7) is 0. The number of amides is 2. The molecule has 0 saturated carbocycles. The molecule has 0 bridgehead atoms. The average Bonchev–Trinajstić information content (AvgIpc) is 2.71. The zero-order chi connectivity index (χ0) is 19.9. The Bertz CT molecular complexity index is 1020. The highest BCUT2D eigenvalue weighted by Gasteiger charge is 2.15. The molecule has 0 aliphatic carbocycles. The van der Waals surface area contributed by atoms with Crippen molar-refractivity contribution >= 4 is 39.6 Å².